The van der Waals surface area contributed by atoms with Gasteiger partial charge in [0.05, 0.1) is 8.95 Å². The Hall–Kier alpha value is -0.0600. The molecule has 0 atom stereocenters. The van der Waals surface area contributed by atoms with Gasteiger partial charge in [0.1, 0.15) is 5.75 Å². The predicted octanol–water partition coefficient (Wildman–Crippen LogP) is 5.18. The maximum absolute atomic E-state index is 9.74. The maximum Gasteiger partial charge on any atom is 0.143 e. The van der Waals surface area contributed by atoms with Crippen LogP contribution in [0.25, 0.3) is 0 Å². The Morgan fingerprint density at radius 1 is 1.11 bits per heavy atom. The summed E-state index contributed by atoms with van der Waals surface area (Å²) in [5.41, 5.74) is 1.21. The Bertz CT molecular complexity index is 382. The van der Waals surface area contributed by atoms with Gasteiger partial charge in [-0.15, -0.1) is 0 Å². The van der Waals surface area contributed by atoms with Gasteiger partial charge >= 0.3 is 0 Å². The summed E-state index contributed by atoms with van der Waals surface area (Å²) >= 11 is 6.78. The molecule has 1 rings (SSSR count). The summed E-state index contributed by atoms with van der Waals surface area (Å²) in [6.45, 7) is 9.83. The minimum Gasteiger partial charge on any atom is -0.506 e. The van der Waals surface area contributed by atoms with Crippen molar-refractivity contribution in [2.75, 3.05) is 13.1 Å². The Labute approximate surface area is 133 Å². The van der Waals surface area contributed by atoms with E-state index in [9.17, 15) is 5.11 Å². The van der Waals surface area contributed by atoms with E-state index in [0.717, 1.165) is 34.5 Å². The first-order valence-electron chi connectivity index (χ1n) is 6.90. The summed E-state index contributed by atoms with van der Waals surface area (Å²) in [6.07, 6.45) is 2.46. The third-order valence-electron chi connectivity index (χ3n) is 3.60. The van der Waals surface area contributed by atoms with Crippen LogP contribution in [0.3, 0.4) is 0 Å². The molecule has 0 unspecified atom stereocenters. The maximum atomic E-state index is 9.74. The summed E-state index contributed by atoms with van der Waals surface area (Å²) in [7, 11) is 0. The number of aromatic hydroxyl groups is 1. The van der Waals surface area contributed by atoms with E-state index in [1.54, 1.807) is 0 Å². The van der Waals surface area contributed by atoms with Gasteiger partial charge in [-0.05, 0) is 62.0 Å². The first-order chi connectivity index (χ1) is 9.01. The first-order valence-corrected chi connectivity index (χ1v) is 8.49. The lowest BCUT2D eigenvalue weighted by Gasteiger charge is -2.25. The fourth-order valence-corrected chi connectivity index (χ4v) is 3.47. The number of phenols is 1. The van der Waals surface area contributed by atoms with Crippen molar-refractivity contribution in [3.63, 3.8) is 0 Å². The van der Waals surface area contributed by atoms with Crippen molar-refractivity contribution in [3.05, 3.63) is 26.6 Å². The van der Waals surface area contributed by atoms with Crippen LogP contribution < -0.4 is 0 Å². The molecule has 0 saturated carbocycles. The number of hydrogen-bond acceptors (Lipinski definition) is 2. The fourth-order valence-electron chi connectivity index (χ4n) is 2.18. The second-order valence-corrected chi connectivity index (χ2v) is 6.63. The van der Waals surface area contributed by atoms with Crippen molar-refractivity contribution in [2.45, 2.75) is 40.2 Å². The molecule has 0 saturated heterocycles. The van der Waals surface area contributed by atoms with Gasteiger partial charge in [-0.1, -0.05) is 33.6 Å². The van der Waals surface area contributed by atoms with Crippen molar-refractivity contribution in [1.82, 2.24) is 4.90 Å². The zero-order valence-corrected chi connectivity index (χ0v) is 15.1. The zero-order chi connectivity index (χ0) is 14.4. The van der Waals surface area contributed by atoms with Gasteiger partial charge < -0.3 is 5.11 Å². The molecule has 0 radical (unpaired) electrons. The van der Waals surface area contributed by atoms with Crippen LogP contribution in [0.15, 0.2) is 21.1 Å². The molecule has 108 valence electrons. The molecule has 0 aliphatic carbocycles. The van der Waals surface area contributed by atoms with Gasteiger partial charge in [-0.25, -0.2) is 0 Å². The van der Waals surface area contributed by atoms with Gasteiger partial charge in [0.2, 0.25) is 0 Å². The molecule has 2 nitrogen and oxygen atoms in total. The van der Waals surface area contributed by atoms with Crippen molar-refractivity contribution in [1.29, 1.82) is 0 Å². The molecule has 0 heterocycles. The van der Waals surface area contributed by atoms with Crippen molar-refractivity contribution >= 4 is 31.9 Å². The molecule has 19 heavy (non-hydrogen) atoms. The fraction of sp³-hybridized carbons (Fsp3) is 0.600. The molecule has 0 bridgehead atoms. The van der Waals surface area contributed by atoms with E-state index in [4.69, 9.17) is 0 Å². The van der Waals surface area contributed by atoms with Crippen molar-refractivity contribution in [2.24, 2.45) is 5.92 Å². The van der Waals surface area contributed by atoms with E-state index in [1.807, 2.05) is 12.1 Å². The van der Waals surface area contributed by atoms with Crippen LogP contribution in [0.5, 0.6) is 5.75 Å². The Morgan fingerprint density at radius 3 is 2.05 bits per heavy atom. The lowest BCUT2D eigenvalue weighted by atomic mass is 10.0. The molecule has 0 amide bonds. The van der Waals surface area contributed by atoms with Gasteiger partial charge in [0, 0.05) is 13.1 Å². The molecule has 0 spiro atoms. The second-order valence-electron chi connectivity index (χ2n) is 4.92. The molecular formula is C15H23Br2NO. The first kappa shape index (κ1) is 17.0. The summed E-state index contributed by atoms with van der Waals surface area (Å²) < 4.78 is 1.49. The van der Waals surface area contributed by atoms with Gasteiger partial charge in [-0.2, -0.15) is 0 Å². The molecule has 0 aromatic heterocycles. The smallest absolute Gasteiger partial charge is 0.143 e. The van der Waals surface area contributed by atoms with Crippen LogP contribution in [0.1, 0.15) is 39.2 Å². The average molecular weight is 393 g/mol. The number of nitrogens with zero attached hydrogens (tertiary/aromatic N) is 1. The average Bonchev–Trinajstić information content (AvgIpc) is 2.40. The van der Waals surface area contributed by atoms with Crippen LogP contribution in [0.4, 0.5) is 0 Å². The number of halogens is 2. The predicted molar refractivity (Wildman–Crippen MR) is 88.5 cm³/mol. The highest BCUT2D eigenvalue weighted by molar-refractivity contribution is 9.11. The van der Waals surface area contributed by atoms with E-state index in [1.165, 1.54) is 18.4 Å². The highest BCUT2D eigenvalue weighted by Gasteiger charge is 2.12. The molecule has 1 aromatic carbocycles. The topological polar surface area (TPSA) is 23.5 Å². The summed E-state index contributed by atoms with van der Waals surface area (Å²) in [5, 5.41) is 9.74. The van der Waals surface area contributed by atoms with E-state index >= 15 is 0 Å². The molecule has 1 N–H and O–H groups in total. The molecule has 1 aromatic rings. The molecule has 0 aliphatic heterocycles. The van der Waals surface area contributed by atoms with E-state index in [0.29, 0.717) is 0 Å². The summed E-state index contributed by atoms with van der Waals surface area (Å²) in [5.74, 6) is 1.04. The number of rotatable bonds is 7. The highest BCUT2D eigenvalue weighted by atomic mass is 79.9. The lowest BCUT2D eigenvalue weighted by Crippen LogP contribution is -2.28. The number of benzene rings is 1. The third-order valence-corrected chi connectivity index (χ3v) is 4.81. The van der Waals surface area contributed by atoms with Gasteiger partial charge in [-0.3, -0.25) is 4.90 Å². The zero-order valence-electron chi connectivity index (χ0n) is 11.9. The molecule has 4 heteroatoms. The normalized spacial score (nSPS) is 11.5. The SMILES string of the molecule is CCC(CC)CN(CC)Cc1cc(Br)c(O)c(Br)c1. The quantitative estimate of drug-likeness (QED) is 0.691. The van der Waals surface area contributed by atoms with Crippen molar-refractivity contribution < 1.29 is 5.11 Å². The van der Waals surface area contributed by atoms with Crippen LogP contribution >= 0.6 is 31.9 Å². The standard InChI is InChI=1S/C15H23Br2NO/c1-4-11(5-2)9-18(6-3)10-12-7-13(16)15(19)14(17)8-12/h7-8,11,19H,4-6,9-10H2,1-3H3. The van der Waals surface area contributed by atoms with Crippen LogP contribution in [0.2, 0.25) is 0 Å². The summed E-state index contributed by atoms with van der Waals surface area (Å²) in [6, 6.07) is 3.99. The van der Waals surface area contributed by atoms with Crippen LogP contribution in [-0.4, -0.2) is 23.1 Å². The van der Waals surface area contributed by atoms with Gasteiger partial charge in [0.15, 0.2) is 0 Å². The van der Waals surface area contributed by atoms with Gasteiger partial charge in [0.25, 0.3) is 0 Å². The second kappa shape index (κ2) is 8.28. The molecule has 0 fully saturated rings. The largest absolute Gasteiger partial charge is 0.506 e. The Morgan fingerprint density at radius 2 is 1.63 bits per heavy atom. The Balaban J connectivity index is 2.75. The summed E-state index contributed by atoms with van der Waals surface area (Å²) in [4.78, 5) is 2.46. The van der Waals surface area contributed by atoms with Crippen LogP contribution in [-0.2, 0) is 6.54 Å². The van der Waals surface area contributed by atoms with Crippen LogP contribution in [0, 0.1) is 5.92 Å². The molecule has 0 aliphatic rings. The Kier molecular flexibility index (Phi) is 7.40. The van der Waals surface area contributed by atoms with Crippen molar-refractivity contribution in [3.8, 4) is 5.75 Å². The molecular weight excluding hydrogens is 370 g/mol. The lowest BCUT2D eigenvalue weighted by molar-refractivity contribution is 0.226. The number of hydrogen-bond donors (Lipinski definition) is 1. The van der Waals surface area contributed by atoms with E-state index in [2.05, 4.69) is 57.5 Å². The number of phenolic OH excluding ortho intramolecular Hbond substituents is 1. The third kappa shape index (κ3) is 5.09. The highest BCUT2D eigenvalue weighted by Crippen LogP contribution is 2.33. The minimum atomic E-state index is 0.270. The van der Waals surface area contributed by atoms with E-state index in [-0.39, 0.29) is 5.75 Å². The van der Waals surface area contributed by atoms with E-state index < -0.39 is 0 Å². The minimum absolute atomic E-state index is 0.270. The monoisotopic (exact) mass is 391 g/mol.